The molecule has 0 unspecified atom stereocenters. The monoisotopic (exact) mass is 428 g/mol. The third-order valence-corrected chi connectivity index (χ3v) is 5.89. The Bertz CT molecular complexity index is 1200. The minimum atomic E-state index is -4.22. The van der Waals surface area contributed by atoms with Gasteiger partial charge in [0.25, 0.3) is 5.56 Å². The molecule has 0 aliphatic rings. The smallest absolute Gasteiger partial charge is 0.270 e. The van der Waals surface area contributed by atoms with Gasteiger partial charge in [0, 0.05) is 13.2 Å². The first-order chi connectivity index (χ1) is 14.2. The first-order valence-corrected chi connectivity index (χ1v) is 10.8. The molecule has 0 aliphatic carbocycles. The van der Waals surface area contributed by atoms with Crippen LogP contribution < -0.4 is 20.2 Å². The summed E-state index contributed by atoms with van der Waals surface area (Å²) < 4.78 is 36.3. The van der Waals surface area contributed by atoms with Crippen LogP contribution >= 0.6 is 0 Å². The molecule has 0 atom stereocenters. The summed E-state index contributed by atoms with van der Waals surface area (Å²) in [5, 5.41) is 5.45. The van der Waals surface area contributed by atoms with Crippen LogP contribution in [0, 0.1) is 0 Å². The van der Waals surface area contributed by atoms with Crippen molar-refractivity contribution in [2.24, 2.45) is 12.2 Å². The van der Waals surface area contributed by atoms with Crippen LogP contribution in [-0.2, 0) is 29.9 Å². The van der Waals surface area contributed by atoms with E-state index in [1.807, 2.05) is 36.4 Å². The van der Waals surface area contributed by atoms with Gasteiger partial charge in [0.1, 0.15) is 11.5 Å². The number of sulfonamides is 1. The first-order valence-electron chi connectivity index (χ1n) is 9.23. The van der Waals surface area contributed by atoms with Crippen molar-refractivity contribution < 1.29 is 17.9 Å². The zero-order valence-corrected chi connectivity index (χ0v) is 17.9. The quantitative estimate of drug-likeness (QED) is 0.622. The zero-order chi connectivity index (χ0) is 21.9. The van der Waals surface area contributed by atoms with Gasteiger partial charge in [-0.1, -0.05) is 24.3 Å². The number of hydrogen-bond donors (Lipinski definition) is 1. The highest BCUT2D eigenvalue weighted by atomic mass is 32.2. The van der Waals surface area contributed by atoms with Gasteiger partial charge in [0.2, 0.25) is 10.0 Å². The summed E-state index contributed by atoms with van der Waals surface area (Å²) >= 11 is 0. The van der Waals surface area contributed by atoms with Crippen LogP contribution in [0.4, 0.5) is 0 Å². The number of ether oxygens (including phenoxy) is 2. The Morgan fingerprint density at radius 3 is 1.77 bits per heavy atom. The van der Waals surface area contributed by atoms with E-state index in [-0.39, 0.29) is 11.3 Å². The van der Waals surface area contributed by atoms with Gasteiger partial charge in [0.05, 0.1) is 14.2 Å². The predicted molar refractivity (Wildman–Crippen MR) is 115 cm³/mol. The molecular formula is C22H24N2O5S. The number of benzene rings is 2. The minimum absolute atomic E-state index is 0.247. The summed E-state index contributed by atoms with van der Waals surface area (Å²) in [6, 6.07) is 14.7. The van der Waals surface area contributed by atoms with Gasteiger partial charge in [-0.25, -0.2) is 13.6 Å². The molecule has 3 rings (SSSR count). The molecule has 0 saturated heterocycles. The Morgan fingerprint density at radius 2 is 1.33 bits per heavy atom. The van der Waals surface area contributed by atoms with E-state index in [2.05, 4.69) is 0 Å². The van der Waals surface area contributed by atoms with E-state index in [1.54, 1.807) is 32.5 Å². The summed E-state index contributed by atoms with van der Waals surface area (Å²) in [4.78, 5) is 12.3. The van der Waals surface area contributed by atoms with E-state index in [1.165, 1.54) is 11.6 Å². The number of nitrogens with zero attached hydrogens (tertiary/aromatic N) is 1. The highest BCUT2D eigenvalue weighted by Gasteiger charge is 2.23. The highest BCUT2D eigenvalue weighted by Crippen LogP contribution is 2.24. The molecule has 3 aromatic rings. The maximum Gasteiger partial charge on any atom is 0.270 e. The number of aromatic nitrogens is 1. The van der Waals surface area contributed by atoms with Gasteiger partial charge in [-0.2, -0.15) is 0 Å². The molecule has 0 aliphatic heterocycles. The first kappa shape index (κ1) is 21.6. The molecule has 0 saturated carbocycles. The van der Waals surface area contributed by atoms with E-state index in [4.69, 9.17) is 14.6 Å². The lowest BCUT2D eigenvalue weighted by atomic mass is 9.96. The SMILES string of the molecule is COc1ccc(Cc2cn(C)c(=O)c(S(N)(=O)=O)c2Cc2ccc(OC)cc2)cc1. The Labute approximate surface area is 175 Å². The van der Waals surface area contributed by atoms with E-state index in [0.29, 0.717) is 23.3 Å². The number of pyridine rings is 1. The lowest BCUT2D eigenvalue weighted by Gasteiger charge is -2.16. The molecule has 2 N–H and O–H groups in total. The number of primary sulfonamides is 1. The maximum absolute atomic E-state index is 12.7. The van der Waals surface area contributed by atoms with Gasteiger partial charge in [-0.05, 0) is 59.4 Å². The molecular weight excluding hydrogens is 404 g/mol. The van der Waals surface area contributed by atoms with Crippen LogP contribution in [0.3, 0.4) is 0 Å². The molecule has 7 nitrogen and oxygen atoms in total. The van der Waals surface area contributed by atoms with Gasteiger partial charge >= 0.3 is 0 Å². The van der Waals surface area contributed by atoms with E-state index in [9.17, 15) is 13.2 Å². The number of hydrogen-bond acceptors (Lipinski definition) is 5. The summed E-state index contributed by atoms with van der Waals surface area (Å²) in [5.41, 5.74) is 2.26. The van der Waals surface area contributed by atoms with Gasteiger partial charge in [-0.3, -0.25) is 4.79 Å². The van der Waals surface area contributed by atoms with E-state index >= 15 is 0 Å². The van der Waals surface area contributed by atoms with Crippen LogP contribution in [-0.4, -0.2) is 27.2 Å². The summed E-state index contributed by atoms with van der Waals surface area (Å²) in [6.07, 6.45) is 2.35. The lowest BCUT2D eigenvalue weighted by Crippen LogP contribution is -2.30. The molecule has 0 fully saturated rings. The summed E-state index contributed by atoms with van der Waals surface area (Å²) in [7, 11) is 0.458. The minimum Gasteiger partial charge on any atom is -0.497 e. The average molecular weight is 429 g/mol. The molecule has 158 valence electrons. The molecule has 0 spiro atoms. The van der Waals surface area contributed by atoms with Crippen LogP contribution in [0.5, 0.6) is 11.5 Å². The molecule has 0 radical (unpaired) electrons. The van der Waals surface area contributed by atoms with Crippen molar-refractivity contribution in [2.45, 2.75) is 17.7 Å². The molecule has 8 heteroatoms. The van der Waals surface area contributed by atoms with E-state index < -0.39 is 15.6 Å². The van der Waals surface area contributed by atoms with Gasteiger partial charge in [-0.15, -0.1) is 0 Å². The second-order valence-corrected chi connectivity index (χ2v) is 8.47. The van der Waals surface area contributed by atoms with Gasteiger partial charge < -0.3 is 14.0 Å². The fourth-order valence-electron chi connectivity index (χ4n) is 3.36. The van der Waals surface area contributed by atoms with Crippen molar-refractivity contribution in [2.75, 3.05) is 14.2 Å². The van der Waals surface area contributed by atoms with Crippen LogP contribution in [0.1, 0.15) is 22.3 Å². The zero-order valence-electron chi connectivity index (χ0n) is 17.1. The van der Waals surface area contributed by atoms with Crippen molar-refractivity contribution in [3.63, 3.8) is 0 Å². The third-order valence-electron chi connectivity index (χ3n) is 4.90. The maximum atomic E-state index is 12.7. The molecule has 1 heterocycles. The second-order valence-electron chi connectivity index (χ2n) is 6.97. The standard InChI is InChI=1S/C22H24N2O5S/c1-24-14-17(12-15-4-8-18(28-2)9-5-15)20(21(22(24)25)30(23,26)27)13-16-6-10-19(29-3)11-7-16/h4-11,14H,12-13H2,1-3H3,(H2,23,26,27). The fourth-order valence-corrected chi connectivity index (χ4v) is 4.29. The van der Waals surface area contributed by atoms with Crippen LogP contribution in [0.15, 0.2) is 64.4 Å². The van der Waals surface area contributed by atoms with Gasteiger partial charge in [0.15, 0.2) is 4.90 Å². The van der Waals surface area contributed by atoms with E-state index in [0.717, 1.165) is 16.9 Å². The predicted octanol–water partition coefficient (Wildman–Crippen LogP) is 2.23. The molecule has 0 amide bonds. The van der Waals surface area contributed by atoms with Crippen LogP contribution in [0.25, 0.3) is 0 Å². The third kappa shape index (κ3) is 4.72. The number of methoxy groups -OCH3 is 2. The summed E-state index contributed by atoms with van der Waals surface area (Å²) in [5.74, 6) is 1.41. The number of rotatable bonds is 7. The normalized spacial score (nSPS) is 11.3. The topological polar surface area (TPSA) is 101 Å². The van der Waals surface area contributed by atoms with Crippen molar-refractivity contribution in [3.05, 3.63) is 87.3 Å². The molecule has 0 bridgehead atoms. The molecule has 30 heavy (non-hydrogen) atoms. The molecule has 1 aromatic heterocycles. The number of nitrogens with two attached hydrogens (primary N) is 1. The van der Waals surface area contributed by atoms with Crippen molar-refractivity contribution >= 4 is 10.0 Å². The Kier molecular flexibility index (Phi) is 6.28. The lowest BCUT2D eigenvalue weighted by molar-refractivity contribution is 0.414. The fraction of sp³-hybridized carbons (Fsp3) is 0.227. The van der Waals surface area contributed by atoms with Crippen molar-refractivity contribution in [1.82, 2.24) is 4.57 Å². The number of aryl methyl sites for hydroxylation is 1. The summed E-state index contributed by atoms with van der Waals surface area (Å²) in [6.45, 7) is 0. The highest BCUT2D eigenvalue weighted by molar-refractivity contribution is 7.89. The second kappa shape index (κ2) is 8.73. The Hall–Kier alpha value is -3.10. The Morgan fingerprint density at radius 1 is 0.867 bits per heavy atom. The van der Waals surface area contributed by atoms with Crippen LogP contribution in [0.2, 0.25) is 0 Å². The van der Waals surface area contributed by atoms with Crippen molar-refractivity contribution in [1.29, 1.82) is 0 Å². The van der Waals surface area contributed by atoms with Crippen molar-refractivity contribution in [3.8, 4) is 11.5 Å². The average Bonchev–Trinajstić information content (AvgIpc) is 2.72. The molecule has 2 aromatic carbocycles. The largest absolute Gasteiger partial charge is 0.497 e. The Balaban J connectivity index is 2.13.